The fraction of sp³-hybridized carbons (Fsp3) is 1.00. The first-order valence-electron chi connectivity index (χ1n) is 7.30. The summed E-state index contributed by atoms with van der Waals surface area (Å²) in [4.78, 5) is 2.70. The second kappa shape index (κ2) is 9.13. The predicted octanol–water partition coefficient (Wildman–Crippen LogP) is 2.16. The van der Waals surface area contributed by atoms with Crippen molar-refractivity contribution in [3.8, 4) is 0 Å². The smallest absolute Gasteiger partial charge is 0.0502 e. The van der Waals surface area contributed by atoms with Gasteiger partial charge in [-0.1, -0.05) is 6.42 Å². The molecule has 2 heterocycles. The van der Waals surface area contributed by atoms with Crippen LogP contribution in [0.25, 0.3) is 0 Å². The number of nitrogens with zero attached hydrogens (tertiary/aromatic N) is 1. The van der Waals surface area contributed by atoms with Gasteiger partial charge in [0.15, 0.2) is 0 Å². The van der Waals surface area contributed by atoms with Gasteiger partial charge in [0.1, 0.15) is 0 Å². The summed E-state index contributed by atoms with van der Waals surface area (Å²) in [7, 11) is 1.84. The van der Waals surface area contributed by atoms with Gasteiger partial charge in [-0.05, 0) is 57.2 Å². The third kappa shape index (κ3) is 5.43. The van der Waals surface area contributed by atoms with Gasteiger partial charge in [0.25, 0.3) is 0 Å². The molecule has 18 heavy (non-hydrogen) atoms. The Hall–Kier alpha value is 0.170. The maximum Gasteiger partial charge on any atom is 0.0502 e. The zero-order valence-corrected chi connectivity index (χ0v) is 12.5. The molecule has 1 atom stereocenters. The van der Waals surface area contributed by atoms with Crippen molar-refractivity contribution in [2.45, 2.75) is 32.1 Å². The summed E-state index contributed by atoms with van der Waals surface area (Å²) in [6.45, 7) is 7.28. The van der Waals surface area contributed by atoms with Crippen molar-refractivity contribution in [2.75, 3.05) is 46.4 Å². The molecule has 0 radical (unpaired) electrons. The molecule has 0 aromatic rings. The highest BCUT2D eigenvalue weighted by Crippen LogP contribution is 2.20. The van der Waals surface area contributed by atoms with E-state index in [9.17, 15) is 0 Å². The molecule has 2 aliphatic heterocycles. The number of piperidine rings is 1. The Morgan fingerprint density at radius 2 is 1.89 bits per heavy atom. The minimum absolute atomic E-state index is 0. The number of halogens is 1. The number of methoxy groups -OCH3 is 1. The third-order valence-corrected chi connectivity index (χ3v) is 4.23. The maximum absolute atomic E-state index is 5.34. The van der Waals surface area contributed by atoms with E-state index in [0.29, 0.717) is 0 Å². The Morgan fingerprint density at radius 3 is 2.61 bits per heavy atom. The second-order valence-electron chi connectivity index (χ2n) is 5.77. The lowest BCUT2D eigenvalue weighted by Crippen LogP contribution is -2.38. The van der Waals surface area contributed by atoms with Crippen molar-refractivity contribution in [2.24, 2.45) is 11.8 Å². The highest BCUT2D eigenvalue weighted by molar-refractivity contribution is 5.85. The van der Waals surface area contributed by atoms with Crippen LogP contribution < -0.4 is 5.32 Å². The zero-order valence-electron chi connectivity index (χ0n) is 11.7. The van der Waals surface area contributed by atoms with Gasteiger partial charge < -0.3 is 15.0 Å². The van der Waals surface area contributed by atoms with Crippen LogP contribution in [0.3, 0.4) is 0 Å². The summed E-state index contributed by atoms with van der Waals surface area (Å²) in [5, 5.41) is 3.45. The number of ether oxygens (including phenoxy) is 1. The zero-order chi connectivity index (χ0) is 11.9. The van der Waals surface area contributed by atoms with Crippen molar-refractivity contribution in [3.63, 3.8) is 0 Å². The highest BCUT2D eigenvalue weighted by Gasteiger charge is 2.21. The molecule has 1 unspecified atom stereocenters. The normalized spacial score (nSPS) is 27.5. The van der Waals surface area contributed by atoms with Crippen LogP contribution in [0.4, 0.5) is 0 Å². The fourth-order valence-electron chi connectivity index (χ4n) is 3.28. The first kappa shape index (κ1) is 16.2. The van der Waals surface area contributed by atoms with Crippen LogP contribution in [0.2, 0.25) is 0 Å². The van der Waals surface area contributed by atoms with Crippen LogP contribution >= 0.6 is 12.4 Å². The molecule has 0 aromatic carbocycles. The summed E-state index contributed by atoms with van der Waals surface area (Å²) in [6.07, 6.45) is 6.86. The highest BCUT2D eigenvalue weighted by atomic mass is 35.5. The molecule has 2 saturated heterocycles. The van der Waals surface area contributed by atoms with Gasteiger partial charge in [0.05, 0.1) is 6.61 Å². The fourth-order valence-corrected chi connectivity index (χ4v) is 3.28. The number of rotatable bonds is 4. The van der Waals surface area contributed by atoms with Crippen molar-refractivity contribution < 1.29 is 4.74 Å². The van der Waals surface area contributed by atoms with E-state index in [0.717, 1.165) is 18.4 Å². The van der Waals surface area contributed by atoms with Crippen LogP contribution in [0, 0.1) is 11.8 Å². The Morgan fingerprint density at radius 1 is 1.11 bits per heavy atom. The molecule has 0 bridgehead atoms. The first-order valence-corrected chi connectivity index (χ1v) is 7.30. The summed E-state index contributed by atoms with van der Waals surface area (Å²) in [5.74, 6) is 1.70. The van der Waals surface area contributed by atoms with Gasteiger partial charge >= 0.3 is 0 Å². The van der Waals surface area contributed by atoms with Crippen molar-refractivity contribution in [1.29, 1.82) is 0 Å². The number of hydrogen-bond acceptors (Lipinski definition) is 3. The molecule has 0 amide bonds. The Bertz CT molecular complexity index is 210. The van der Waals surface area contributed by atoms with E-state index in [4.69, 9.17) is 4.74 Å². The van der Waals surface area contributed by atoms with Crippen molar-refractivity contribution in [1.82, 2.24) is 10.2 Å². The van der Waals surface area contributed by atoms with Crippen molar-refractivity contribution >= 4 is 12.4 Å². The molecular weight excluding hydrogens is 248 g/mol. The van der Waals surface area contributed by atoms with E-state index < -0.39 is 0 Å². The van der Waals surface area contributed by atoms with Gasteiger partial charge in [0, 0.05) is 20.2 Å². The number of likely N-dealkylation sites (tertiary alicyclic amines) is 1. The molecule has 0 spiro atoms. The SMILES string of the molecule is COCC1CCCCN(CC2CCNCC2)C1.Cl. The van der Waals surface area contributed by atoms with Crippen LogP contribution in [-0.2, 0) is 4.74 Å². The molecule has 0 aromatic heterocycles. The maximum atomic E-state index is 5.34. The molecule has 4 heteroatoms. The minimum Gasteiger partial charge on any atom is -0.384 e. The molecule has 3 nitrogen and oxygen atoms in total. The molecule has 2 aliphatic rings. The Balaban J connectivity index is 0.00000162. The standard InChI is InChI=1S/C14H28N2O.ClH/c1-17-12-14-4-2-3-9-16(11-14)10-13-5-7-15-8-6-13;/h13-15H,2-12H2,1H3;1H. The third-order valence-electron chi connectivity index (χ3n) is 4.23. The summed E-state index contributed by atoms with van der Waals surface area (Å²) in [5.41, 5.74) is 0. The Labute approximate surface area is 118 Å². The van der Waals surface area contributed by atoms with E-state index in [2.05, 4.69) is 10.2 Å². The van der Waals surface area contributed by atoms with Crippen LogP contribution in [0.5, 0.6) is 0 Å². The van der Waals surface area contributed by atoms with Crippen LogP contribution in [0.15, 0.2) is 0 Å². The monoisotopic (exact) mass is 276 g/mol. The summed E-state index contributed by atoms with van der Waals surface area (Å²) in [6, 6.07) is 0. The predicted molar refractivity (Wildman–Crippen MR) is 78.5 cm³/mol. The average molecular weight is 277 g/mol. The number of nitrogens with one attached hydrogen (secondary N) is 1. The average Bonchev–Trinajstić information content (AvgIpc) is 2.56. The molecular formula is C14H29ClN2O. The van der Waals surface area contributed by atoms with Gasteiger partial charge in [-0.3, -0.25) is 0 Å². The quantitative estimate of drug-likeness (QED) is 0.852. The molecule has 0 saturated carbocycles. The Kier molecular flexibility index (Phi) is 8.23. The lowest BCUT2D eigenvalue weighted by molar-refractivity contribution is 0.117. The molecule has 0 aliphatic carbocycles. The molecule has 1 N–H and O–H groups in total. The first-order chi connectivity index (χ1) is 8.38. The van der Waals surface area contributed by atoms with Gasteiger partial charge in [-0.15, -0.1) is 12.4 Å². The van der Waals surface area contributed by atoms with Gasteiger partial charge in [-0.2, -0.15) is 0 Å². The molecule has 2 fully saturated rings. The largest absolute Gasteiger partial charge is 0.384 e. The summed E-state index contributed by atoms with van der Waals surface area (Å²) >= 11 is 0. The van der Waals surface area contributed by atoms with Crippen LogP contribution in [0.1, 0.15) is 32.1 Å². The lowest BCUT2D eigenvalue weighted by Gasteiger charge is -2.30. The van der Waals surface area contributed by atoms with Crippen molar-refractivity contribution in [3.05, 3.63) is 0 Å². The molecule has 108 valence electrons. The van der Waals surface area contributed by atoms with E-state index in [-0.39, 0.29) is 12.4 Å². The molecule has 2 rings (SSSR count). The lowest BCUT2D eigenvalue weighted by atomic mass is 9.97. The minimum atomic E-state index is 0. The second-order valence-corrected chi connectivity index (χ2v) is 5.77. The summed E-state index contributed by atoms with van der Waals surface area (Å²) < 4.78 is 5.34. The van der Waals surface area contributed by atoms with Gasteiger partial charge in [-0.25, -0.2) is 0 Å². The van der Waals surface area contributed by atoms with E-state index in [1.807, 2.05) is 7.11 Å². The van der Waals surface area contributed by atoms with Crippen LogP contribution in [-0.4, -0.2) is 51.3 Å². The topological polar surface area (TPSA) is 24.5 Å². The van der Waals surface area contributed by atoms with E-state index in [1.165, 1.54) is 64.8 Å². The van der Waals surface area contributed by atoms with E-state index >= 15 is 0 Å². The number of hydrogen-bond donors (Lipinski definition) is 1. The van der Waals surface area contributed by atoms with Gasteiger partial charge in [0.2, 0.25) is 0 Å². The van der Waals surface area contributed by atoms with E-state index in [1.54, 1.807) is 0 Å².